The number of nitrogens with zero attached hydrogens (tertiary/aromatic N) is 3. The van der Waals surface area contributed by atoms with Crippen LogP contribution in [0.15, 0.2) is 59.4 Å². The van der Waals surface area contributed by atoms with Crippen LogP contribution in [0.5, 0.6) is 0 Å². The van der Waals surface area contributed by atoms with Gasteiger partial charge in [-0.15, -0.1) is 5.10 Å². The van der Waals surface area contributed by atoms with Crippen molar-refractivity contribution in [2.75, 3.05) is 6.54 Å². The molecule has 3 aromatic rings. The van der Waals surface area contributed by atoms with Crippen LogP contribution in [-0.4, -0.2) is 38.7 Å². The Balaban J connectivity index is 1.68. The summed E-state index contributed by atoms with van der Waals surface area (Å²) in [4.78, 5) is 24.9. The van der Waals surface area contributed by atoms with E-state index in [9.17, 15) is 14.7 Å². The van der Waals surface area contributed by atoms with Crippen molar-refractivity contribution in [1.82, 2.24) is 20.3 Å². The summed E-state index contributed by atoms with van der Waals surface area (Å²) < 4.78 is 1.05. The number of fused-ring (bicyclic) bond motifs is 1. The van der Waals surface area contributed by atoms with E-state index in [-0.39, 0.29) is 24.6 Å². The van der Waals surface area contributed by atoms with Crippen LogP contribution in [0.2, 0.25) is 0 Å². The van der Waals surface area contributed by atoms with E-state index in [4.69, 9.17) is 0 Å². The molecule has 0 aliphatic rings. The third kappa shape index (κ3) is 4.43. The average Bonchev–Trinajstić information content (AvgIpc) is 2.69. The Hall–Kier alpha value is -3.06. The normalized spacial score (nSPS) is 14.4. The van der Waals surface area contributed by atoms with Gasteiger partial charge in [0, 0.05) is 12.0 Å². The van der Waals surface area contributed by atoms with Crippen LogP contribution < -0.4 is 10.9 Å². The van der Waals surface area contributed by atoms with Gasteiger partial charge in [0.05, 0.1) is 11.5 Å². The van der Waals surface area contributed by atoms with Gasteiger partial charge in [0.2, 0.25) is 5.91 Å². The monoisotopic (exact) mass is 380 g/mol. The van der Waals surface area contributed by atoms with Gasteiger partial charge in [0.25, 0.3) is 5.56 Å². The van der Waals surface area contributed by atoms with Crippen molar-refractivity contribution in [1.29, 1.82) is 0 Å². The van der Waals surface area contributed by atoms with Gasteiger partial charge < -0.3 is 10.4 Å². The molecule has 0 fully saturated rings. The van der Waals surface area contributed by atoms with Gasteiger partial charge in [-0.1, -0.05) is 54.6 Å². The maximum atomic E-state index is 12.5. The predicted octanol–water partition coefficient (Wildman–Crippen LogP) is 1.54. The molecule has 0 spiro atoms. The molecule has 28 heavy (non-hydrogen) atoms. The molecule has 2 unspecified atom stereocenters. The molecule has 0 saturated carbocycles. The van der Waals surface area contributed by atoms with Crippen LogP contribution in [0.3, 0.4) is 0 Å². The molecule has 2 N–H and O–H groups in total. The number of carbonyl (C=O) groups excluding carboxylic acids is 1. The Morgan fingerprint density at radius 3 is 2.57 bits per heavy atom. The van der Waals surface area contributed by atoms with Crippen molar-refractivity contribution in [3.05, 3.63) is 70.5 Å². The minimum Gasteiger partial charge on any atom is -0.393 e. The Kier molecular flexibility index (Phi) is 5.84. The number of hydrogen-bond donors (Lipinski definition) is 2. The van der Waals surface area contributed by atoms with E-state index in [0.717, 1.165) is 10.2 Å². The summed E-state index contributed by atoms with van der Waals surface area (Å²) in [5, 5.41) is 21.3. The second kappa shape index (κ2) is 8.31. The fraction of sp³-hybridized carbons (Fsp3) is 0.333. The third-order valence-electron chi connectivity index (χ3n) is 5.07. The largest absolute Gasteiger partial charge is 0.393 e. The Morgan fingerprint density at radius 2 is 1.86 bits per heavy atom. The molecule has 0 bridgehead atoms. The van der Waals surface area contributed by atoms with Crippen LogP contribution in [0, 0.1) is 5.41 Å². The van der Waals surface area contributed by atoms with E-state index < -0.39 is 11.5 Å². The molecule has 2 atom stereocenters. The Morgan fingerprint density at radius 1 is 1.18 bits per heavy atom. The summed E-state index contributed by atoms with van der Waals surface area (Å²) >= 11 is 0. The molecular formula is C21H24N4O3. The van der Waals surface area contributed by atoms with Crippen molar-refractivity contribution >= 4 is 16.8 Å². The maximum absolute atomic E-state index is 12.5. The lowest BCUT2D eigenvalue weighted by atomic mass is 9.79. The van der Waals surface area contributed by atoms with E-state index in [0.29, 0.717) is 17.3 Å². The molecule has 7 nitrogen and oxygen atoms in total. The highest BCUT2D eigenvalue weighted by Crippen LogP contribution is 2.26. The highest BCUT2D eigenvalue weighted by Gasteiger charge is 2.31. The lowest BCUT2D eigenvalue weighted by molar-refractivity contribution is -0.122. The fourth-order valence-electron chi connectivity index (χ4n) is 3.04. The Bertz CT molecular complexity index is 1020. The maximum Gasteiger partial charge on any atom is 0.278 e. The number of hydrogen-bond acceptors (Lipinski definition) is 5. The molecule has 0 aliphatic heterocycles. The number of nitrogens with one attached hydrogen (secondary N) is 1. The highest BCUT2D eigenvalue weighted by atomic mass is 16.3. The van der Waals surface area contributed by atoms with Crippen LogP contribution in [0.4, 0.5) is 0 Å². The van der Waals surface area contributed by atoms with Crippen LogP contribution in [0.1, 0.15) is 19.4 Å². The molecule has 0 radical (unpaired) electrons. The van der Waals surface area contributed by atoms with Crippen molar-refractivity contribution in [3.8, 4) is 0 Å². The molecular weight excluding hydrogens is 356 g/mol. The summed E-state index contributed by atoms with van der Waals surface area (Å²) in [5.74, 6) is -0.355. The van der Waals surface area contributed by atoms with E-state index in [1.807, 2.05) is 37.3 Å². The standard InChI is InChI=1S/C21H24N4O3/c1-15(26)21(2,12-16-8-4-3-5-9-16)14-22-19(27)13-25-20(28)17-10-6-7-11-18(17)23-24-25/h3-11,15,26H,12-14H2,1-2H3,(H,22,27). The van der Waals surface area contributed by atoms with Gasteiger partial charge in [-0.2, -0.15) is 0 Å². The first-order valence-electron chi connectivity index (χ1n) is 9.20. The smallest absolute Gasteiger partial charge is 0.278 e. The first-order chi connectivity index (χ1) is 13.4. The molecule has 7 heteroatoms. The van der Waals surface area contributed by atoms with Crippen LogP contribution in [-0.2, 0) is 17.8 Å². The molecule has 1 heterocycles. The van der Waals surface area contributed by atoms with Crippen molar-refractivity contribution in [3.63, 3.8) is 0 Å². The number of aromatic nitrogens is 3. The van der Waals surface area contributed by atoms with Gasteiger partial charge in [0.1, 0.15) is 12.1 Å². The van der Waals surface area contributed by atoms with E-state index in [1.165, 1.54) is 0 Å². The van der Waals surface area contributed by atoms with Crippen LogP contribution in [0.25, 0.3) is 10.9 Å². The summed E-state index contributed by atoms with van der Waals surface area (Å²) in [6.07, 6.45) is -0.0159. The van der Waals surface area contributed by atoms with Crippen molar-refractivity contribution < 1.29 is 9.90 Å². The number of amides is 1. The zero-order valence-electron chi connectivity index (χ0n) is 16.0. The van der Waals surface area contributed by atoms with Gasteiger partial charge >= 0.3 is 0 Å². The van der Waals surface area contributed by atoms with E-state index in [1.54, 1.807) is 31.2 Å². The third-order valence-corrected chi connectivity index (χ3v) is 5.07. The second-order valence-corrected chi connectivity index (χ2v) is 7.34. The molecule has 0 aliphatic carbocycles. The topological polar surface area (TPSA) is 97.1 Å². The van der Waals surface area contributed by atoms with Crippen LogP contribution >= 0.6 is 0 Å². The predicted molar refractivity (Wildman–Crippen MR) is 107 cm³/mol. The summed E-state index contributed by atoms with van der Waals surface area (Å²) in [5.41, 5.74) is 0.672. The fourth-order valence-corrected chi connectivity index (χ4v) is 3.04. The lowest BCUT2D eigenvalue weighted by Gasteiger charge is -2.33. The molecule has 0 saturated heterocycles. The molecule has 2 aromatic carbocycles. The summed E-state index contributed by atoms with van der Waals surface area (Å²) in [7, 11) is 0. The summed E-state index contributed by atoms with van der Waals surface area (Å²) in [6, 6.07) is 16.7. The minimum atomic E-state index is -0.629. The zero-order valence-corrected chi connectivity index (χ0v) is 16.0. The van der Waals surface area contributed by atoms with Gasteiger partial charge in [-0.25, -0.2) is 4.68 Å². The lowest BCUT2D eigenvalue weighted by Crippen LogP contribution is -2.45. The van der Waals surface area contributed by atoms with E-state index in [2.05, 4.69) is 15.6 Å². The van der Waals surface area contributed by atoms with Gasteiger partial charge in [0.15, 0.2) is 0 Å². The SMILES string of the molecule is CC(O)C(C)(CNC(=O)Cn1nnc2ccccc2c1=O)Cc1ccccc1. The van der Waals surface area contributed by atoms with Crippen molar-refractivity contribution in [2.45, 2.75) is 32.9 Å². The molecule has 1 amide bonds. The number of benzene rings is 2. The molecule has 3 rings (SSSR count). The number of aliphatic hydroxyl groups excluding tert-OH is 1. The average molecular weight is 380 g/mol. The van der Waals surface area contributed by atoms with Gasteiger partial charge in [-0.3, -0.25) is 9.59 Å². The van der Waals surface area contributed by atoms with E-state index >= 15 is 0 Å². The number of carbonyl (C=O) groups is 1. The quantitative estimate of drug-likeness (QED) is 0.648. The zero-order chi connectivity index (χ0) is 20.1. The first-order valence-corrected chi connectivity index (χ1v) is 9.20. The number of aliphatic hydroxyl groups is 1. The van der Waals surface area contributed by atoms with Crippen molar-refractivity contribution in [2.24, 2.45) is 5.41 Å². The Labute approximate surface area is 163 Å². The molecule has 1 aromatic heterocycles. The molecule has 146 valence electrons. The first kappa shape index (κ1) is 19.7. The minimum absolute atomic E-state index is 0.224. The summed E-state index contributed by atoms with van der Waals surface area (Å²) in [6.45, 7) is 3.69. The second-order valence-electron chi connectivity index (χ2n) is 7.34. The highest BCUT2D eigenvalue weighted by molar-refractivity contribution is 5.78. The number of rotatable bonds is 7. The van der Waals surface area contributed by atoms with Gasteiger partial charge in [-0.05, 0) is 31.0 Å².